The first-order valence-electron chi connectivity index (χ1n) is 5.12. The highest BCUT2D eigenvalue weighted by Crippen LogP contribution is 2.33. The minimum absolute atomic E-state index is 0.0628. The second-order valence-electron chi connectivity index (χ2n) is 4.58. The molecule has 15 heavy (non-hydrogen) atoms. The van der Waals surface area contributed by atoms with Crippen LogP contribution in [0.25, 0.3) is 0 Å². The van der Waals surface area contributed by atoms with Gasteiger partial charge in [0.2, 0.25) is 0 Å². The zero-order chi connectivity index (χ0) is 11.1. The van der Waals surface area contributed by atoms with E-state index < -0.39 is 0 Å². The summed E-state index contributed by atoms with van der Waals surface area (Å²) in [5.74, 6) is 0.776. The third-order valence-corrected chi connectivity index (χ3v) is 3.64. The van der Waals surface area contributed by atoms with E-state index in [-0.39, 0.29) is 5.60 Å². The summed E-state index contributed by atoms with van der Waals surface area (Å²) < 4.78 is 8.64. The van der Waals surface area contributed by atoms with E-state index in [2.05, 4.69) is 41.5 Å². The molecule has 0 amide bonds. The molecule has 4 nitrogen and oxygen atoms in total. The van der Waals surface area contributed by atoms with Crippen molar-refractivity contribution in [1.29, 1.82) is 0 Å². The topological polar surface area (TPSA) is 53.1 Å². The third-order valence-electron chi connectivity index (χ3n) is 2.80. The van der Waals surface area contributed by atoms with E-state index in [0.717, 1.165) is 28.8 Å². The first-order chi connectivity index (χ1) is 6.99. The molecule has 1 aromatic rings. The molecule has 2 rings (SSSR count). The van der Waals surface area contributed by atoms with Crippen molar-refractivity contribution in [3.05, 3.63) is 9.77 Å². The van der Waals surface area contributed by atoms with Crippen LogP contribution in [-0.4, -0.2) is 22.0 Å². The normalized spacial score (nSPS) is 25.4. The van der Waals surface area contributed by atoms with Gasteiger partial charge in [0.1, 0.15) is 5.82 Å². The molecule has 1 atom stereocenters. The van der Waals surface area contributed by atoms with Crippen LogP contribution in [0.5, 0.6) is 0 Å². The second-order valence-corrected chi connectivity index (χ2v) is 5.74. The van der Waals surface area contributed by atoms with Crippen molar-refractivity contribution in [2.45, 2.75) is 38.3 Å². The van der Waals surface area contributed by atoms with Gasteiger partial charge < -0.3 is 10.5 Å². The van der Waals surface area contributed by atoms with Crippen LogP contribution < -0.4 is 5.73 Å². The first kappa shape index (κ1) is 11.2. The number of nitrogen functional groups attached to an aromatic ring is 1. The molecule has 5 heteroatoms. The summed E-state index contributed by atoms with van der Waals surface area (Å²) in [6.45, 7) is 5.02. The zero-order valence-corrected chi connectivity index (χ0v) is 11.2. The lowest BCUT2D eigenvalue weighted by atomic mass is 9.94. The fraction of sp³-hybridized carbons (Fsp3) is 0.700. The number of hydrogen-bond donors (Lipinski definition) is 1. The highest BCUT2D eigenvalue weighted by Gasteiger charge is 2.31. The van der Waals surface area contributed by atoms with Crippen molar-refractivity contribution in [2.75, 3.05) is 12.3 Å². The van der Waals surface area contributed by atoms with E-state index in [9.17, 15) is 0 Å². The number of nitrogens with zero attached hydrogens (tertiary/aromatic N) is 2. The molecule has 2 heterocycles. The van der Waals surface area contributed by atoms with Crippen LogP contribution in [0.3, 0.4) is 0 Å². The number of halogens is 1. The number of rotatable bonds is 1. The minimum Gasteiger partial charge on any atom is -0.383 e. The summed E-state index contributed by atoms with van der Waals surface area (Å²) >= 11 is 2.21. The molecule has 0 saturated carbocycles. The van der Waals surface area contributed by atoms with Crippen molar-refractivity contribution < 1.29 is 4.74 Å². The number of ether oxygens (including phenoxy) is 1. The molecule has 0 bridgehead atoms. The summed E-state index contributed by atoms with van der Waals surface area (Å²) in [6, 6.07) is 0.372. The van der Waals surface area contributed by atoms with Gasteiger partial charge in [-0.05, 0) is 49.3 Å². The van der Waals surface area contributed by atoms with E-state index in [1.807, 2.05) is 10.9 Å². The zero-order valence-electron chi connectivity index (χ0n) is 9.03. The van der Waals surface area contributed by atoms with Gasteiger partial charge in [0, 0.05) is 6.61 Å². The van der Waals surface area contributed by atoms with Gasteiger partial charge in [0.25, 0.3) is 0 Å². The molecule has 1 saturated heterocycles. The Morgan fingerprint density at radius 2 is 2.40 bits per heavy atom. The monoisotopic (exact) mass is 321 g/mol. The smallest absolute Gasteiger partial charge is 0.135 e. The molecule has 1 aliphatic rings. The summed E-state index contributed by atoms with van der Waals surface area (Å²) in [5.41, 5.74) is 5.91. The summed E-state index contributed by atoms with van der Waals surface area (Å²) in [6.07, 6.45) is 3.78. The van der Waals surface area contributed by atoms with Crippen LogP contribution in [0.15, 0.2) is 6.20 Å². The van der Waals surface area contributed by atoms with Crippen LogP contribution >= 0.6 is 22.6 Å². The fourth-order valence-corrected chi connectivity index (χ4v) is 2.42. The summed E-state index contributed by atoms with van der Waals surface area (Å²) in [7, 11) is 0. The number of nitrogens with two attached hydrogens (primary N) is 1. The van der Waals surface area contributed by atoms with Gasteiger partial charge in [0.05, 0.1) is 21.4 Å². The Labute approximate surface area is 103 Å². The van der Waals surface area contributed by atoms with Crippen molar-refractivity contribution in [3.8, 4) is 0 Å². The lowest BCUT2D eigenvalue weighted by molar-refractivity contribution is -0.0704. The Balaban J connectivity index is 2.21. The SMILES string of the molecule is CC1(C)CC(n2ncc(I)c2N)CCO1. The largest absolute Gasteiger partial charge is 0.383 e. The Morgan fingerprint density at radius 1 is 1.67 bits per heavy atom. The Kier molecular flexibility index (Phi) is 2.94. The Bertz CT molecular complexity index is 362. The van der Waals surface area contributed by atoms with Crippen LogP contribution in [0.4, 0.5) is 5.82 Å². The van der Waals surface area contributed by atoms with Crippen molar-refractivity contribution in [1.82, 2.24) is 9.78 Å². The first-order valence-corrected chi connectivity index (χ1v) is 6.20. The number of anilines is 1. The molecular weight excluding hydrogens is 305 g/mol. The quantitative estimate of drug-likeness (QED) is 0.807. The molecule has 0 aliphatic carbocycles. The molecule has 1 fully saturated rings. The molecule has 0 radical (unpaired) electrons. The highest BCUT2D eigenvalue weighted by atomic mass is 127. The minimum atomic E-state index is -0.0628. The maximum atomic E-state index is 5.97. The maximum Gasteiger partial charge on any atom is 0.135 e. The average Bonchev–Trinajstić information content (AvgIpc) is 2.46. The Morgan fingerprint density at radius 3 is 2.93 bits per heavy atom. The lowest BCUT2D eigenvalue weighted by Crippen LogP contribution is -2.35. The van der Waals surface area contributed by atoms with E-state index in [0.29, 0.717) is 6.04 Å². The molecule has 1 aromatic heterocycles. The van der Waals surface area contributed by atoms with Gasteiger partial charge in [-0.2, -0.15) is 5.10 Å². The molecule has 2 N–H and O–H groups in total. The molecule has 0 spiro atoms. The van der Waals surface area contributed by atoms with Crippen LogP contribution in [0, 0.1) is 3.57 Å². The van der Waals surface area contributed by atoms with Gasteiger partial charge in [0.15, 0.2) is 0 Å². The number of aromatic nitrogens is 2. The predicted molar refractivity (Wildman–Crippen MR) is 67.7 cm³/mol. The van der Waals surface area contributed by atoms with E-state index in [4.69, 9.17) is 10.5 Å². The van der Waals surface area contributed by atoms with Crippen LogP contribution in [0.1, 0.15) is 32.7 Å². The highest BCUT2D eigenvalue weighted by molar-refractivity contribution is 14.1. The van der Waals surface area contributed by atoms with E-state index in [1.54, 1.807) is 0 Å². The average molecular weight is 321 g/mol. The van der Waals surface area contributed by atoms with Crippen LogP contribution in [-0.2, 0) is 4.74 Å². The Hall–Kier alpha value is -0.300. The molecular formula is C10H16IN3O. The second kappa shape index (κ2) is 3.93. The van der Waals surface area contributed by atoms with Crippen molar-refractivity contribution in [3.63, 3.8) is 0 Å². The van der Waals surface area contributed by atoms with Crippen LogP contribution in [0.2, 0.25) is 0 Å². The molecule has 0 aromatic carbocycles. The van der Waals surface area contributed by atoms with E-state index in [1.165, 1.54) is 0 Å². The maximum absolute atomic E-state index is 5.97. The van der Waals surface area contributed by atoms with E-state index >= 15 is 0 Å². The van der Waals surface area contributed by atoms with Gasteiger partial charge in [-0.3, -0.25) is 0 Å². The molecule has 84 valence electrons. The third kappa shape index (κ3) is 2.28. The van der Waals surface area contributed by atoms with Crippen molar-refractivity contribution >= 4 is 28.4 Å². The molecule has 1 aliphatic heterocycles. The summed E-state index contributed by atoms with van der Waals surface area (Å²) in [5, 5.41) is 4.33. The summed E-state index contributed by atoms with van der Waals surface area (Å²) in [4.78, 5) is 0. The lowest BCUT2D eigenvalue weighted by Gasteiger charge is -2.35. The predicted octanol–water partition coefficient (Wildman–Crippen LogP) is 2.20. The van der Waals surface area contributed by atoms with Gasteiger partial charge in [-0.25, -0.2) is 4.68 Å². The fourth-order valence-electron chi connectivity index (χ4n) is 2.05. The van der Waals surface area contributed by atoms with Gasteiger partial charge >= 0.3 is 0 Å². The van der Waals surface area contributed by atoms with Crippen molar-refractivity contribution in [2.24, 2.45) is 0 Å². The number of hydrogen-bond acceptors (Lipinski definition) is 3. The standard InChI is InChI=1S/C10H16IN3O/c1-10(2)5-7(3-4-15-10)14-9(12)8(11)6-13-14/h6-7H,3-5,12H2,1-2H3. The van der Waals surface area contributed by atoms with Gasteiger partial charge in [-0.1, -0.05) is 0 Å². The van der Waals surface area contributed by atoms with Gasteiger partial charge in [-0.15, -0.1) is 0 Å². The molecule has 1 unspecified atom stereocenters.